The van der Waals surface area contributed by atoms with Crippen molar-refractivity contribution in [3.63, 3.8) is 0 Å². The van der Waals surface area contributed by atoms with E-state index < -0.39 is 12.7 Å². The Labute approximate surface area is 65.2 Å². The molecule has 0 aliphatic carbocycles. The molecule has 12 heavy (non-hydrogen) atoms. The van der Waals surface area contributed by atoms with Gasteiger partial charge in [-0.1, -0.05) is 0 Å². The third kappa shape index (κ3) is 2.01. The zero-order valence-electron chi connectivity index (χ0n) is 5.84. The number of hydrogen-bond acceptors (Lipinski definition) is 4. The lowest BCUT2D eigenvalue weighted by Gasteiger charge is -2.05. The molecule has 0 saturated carbocycles. The van der Waals surface area contributed by atoms with E-state index in [9.17, 15) is 13.2 Å². The minimum atomic E-state index is -4.37. The van der Waals surface area contributed by atoms with Gasteiger partial charge < -0.3 is 11.5 Å². The molecule has 1 rings (SSSR count). The Balaban J connectivity index is 2.82. The first-order valence-electron chi connectivity index (χ1n) is 2.91. The number of nitrogen functional groups attached to an aromatic ring is 2. The molecule has 0 aliphatic rings. The lowest BCUT2D eigenvalue weighted by atomic mass is 10.6. The summed E-state index contributed by atoms with van der Waals surface area (Å²) in [5.41, 5.74) is 10.1. The number of rotatable bonds is 1. The molecule has 0 aliphatic heterocycles. The van der Waals surface area contributed by atoms with Crippen LogP contribution < -0.4 is 11.5 Å². The van der Waals surface area contributed by atoms with Crippen molar-refractivity contribution in [3.05, 3.63) is 0 Å². The molecule has 5 nitrogen and oxygen atoms in total. The summed E-state index contributed by atoms with van der Waals surface area (Å²) < 4.78 is 35.7. The first-order valence-corrected chi connectivity index (χ1v) is 2.91. The van der Waals surface area contributed by atoms with E-state index in [1.54, 1.807) is 0 Å². The number of anilines is 2. The molecule has 1 aromatic heterocycles. The van der Waals surface area contributed by atoms with Gasteiger partial charge in [-0.25, -0.2) is 4.68 Å². The van der Waals surface area contributed by atoms with Crippen molar-refractivity contribution in [2.24, 2.45) is 0 Å². The summed E-state index contributed by atoms with van der Waals surface area (Å²) in [5.74, 6) is -0.610. The van der Waals surface area contributed by atoms with E-state index in [4.69, 9.17) is 11.5 Å². The van der Waals surface area contributed by atoms with Crippen molar-refractivity contribution in [1.82, 2.24) is 14.8 Å². The third-order valence-electron chi connectivity index (χ3n) is 1.05. The van der Waals surface area contributed by atoms with Crippen LogP contribution >= 0.6 is 0 Å². The quantitative estimate of drug-likeness (QED) is 0.639. The van der Waals surface area contributed by atoms with Crippen LogP contribution in [0, 0.1) is 0 Å². The van der Waals surface area contributed by atoms with Crippen molar-refractivity contribution in [2.45, 2.75) is 12.7 Å². The number of halogens is 3. The van der Waals surface area contributed by atoms with E-state index in [0.717, 1.165) is 0 Å². The molecule has 0 radical (unpaired) electrons. The van der Waals surface area contributed by atoms with Gasteiger partial charge in [0.15, 0.2) is 0 Å². The molecule has 0 amide bonds. The summed E-state index contributed by atoms with van der Waals surface area (Å²) >= 11 is 0. The molecule has 8 heteroatoms. The molecule has 0 unspecified atom stereocenters. The van der Waals surface area contributed by atoms with Gasteiger partial charge in [0.2, 0.25) is 11.9 Å². The maximum absolute atomic E-state index is 11.7. The van der Waals surface area contributed by atoms with Gasteiger partial charge in [0.05, 0.1) is 0 Å². The number of alkyl halides is 3. The van der Waals surface area contributed by atoms with Gasteiger partial charge in [-0.2, -0.15) is 18.2 Å². The van der Waals surface area contributed by atoms with Crippen LogP contribution in [-0.2, 0) is 6.54 Å². The largest absolute Gasteiger partial charge is 0.408 e. The molecule has 0 fully saturated rings. The Bertz CT molecular complexity index is 277. The minimum Gasteiger partial charge on any atom is -0.368 e. The van der Waals surface area contributed by atoms with E-state index in [2.05, 4.69) is 10.1 Å². The molecule has 4 N–H and O–H groups in total. The van der Waals surface area contributed by atoms with Crippen LogP contribution in [0.25, 0.3) is 0 Å². The van der Waals surface area contributed by atoms with Crippen molar-refractivity contribution in [1.29, 1.82) is 0 Å². The maximum Gasteiger partial charge on any atom is 0.408 e. The minimum absolute atomic E-state index is 0.267. The van der Waals surface area contributed by atoms with Gasteiger partial charge >= 0.3 is 6.18 Å². The van der Waals surface area contributed by atoms with Gasteiger partial charge in [-0.15, -0.1) is 5.10 Å². The number of nitrogens with two attached hydrogens (primary N) is 2. The summed E-state index contributed by atoms with van der Waals surface area (Å²) in [6.07, 6.45) is -4.37. The van der Waals surface area contributed by atoms with Crippen LogP contribution in [0.4, 0.5) is 25.1 Å². The Hall–Kier alpha value is -1.47. The summed E-state index contributed by atoms with van der Waals surface area (Å²) in [5, 5.41) is 3.23. The molecular formula is C4H6F3N5. The van der Waals surface area contributed by atoms with E-state index >= 15 is 0 Å². The molecule has 0 saturated heterocycles. The van der Waals surface area contributed by atoms with Gasteiger partial charge in [0.25, 0.3) is 0 Å². The fourth-order valence-electron chi connectivity index (χ4n) is 0.659. The molecule has 0 aromatic carbocycles. The van der Waals surface area contributed by atoms with Crippen LogP contribution in [0.1, 0.15) is 0 Å². The lowest BCUT2D eigenvalue weighted by Crippen LogP contribution is -2.20. The average Bonchev–Trinajstić information content (AvgIpc) is 2.06. The summed E-state index contributed by atoms with van der Waals surface area (Å²) in [6.45, 7) is -1.27. The van der Waals surface area contributed by atoms with Crippen LogP contribution in [0.2, 0.25) is 0 Å². The monoisotopic (exact) mass is 181 g/mol. The maximum atomic E-state index is 11.7. The highest BCUT2D eigenvalue weighted by atomic mass is 19.4. The van der Waals surface area contributed by atoms with Crippen molar-refractivity contribution in [3.8, 4) is 0 Å². The predicted molar refractivity (Wildman–Crippen MR) is 34.9 cm³/mol. The van der Waals surface area contributed by atoms with E-state index in [0.29, 0.717) is 4.68 Å². The third-order valence-corrected chi connectivity index (χ3v) is 1.05. The average molecular weight is 181 g/mol. The van der Waals surface area contributed by atoms with Crippen LogP contribution in [-0.4, -0.2) is 20.9 Å². The fourth-order valence-corrected chi connectivity index (χ4v) is 0.659. The van der Waals surface area contributed by atoms with E-state index in [1.165, 1.54) is 0 Å². The molecular weight excluding hydrogens is 175 g/mol. The topological polar surface area (TPSA) is 82.7 Å². The fraction of sp³-hybridized carbons (Fsp3) is 0.500. The second kappa shape index (κ2) is 2.54. The molecule has 0 spiro atoms. The molecule has 0 bridgehead atoms. The molecule has 0 atom stereocenters. The highest BCUT2D eigenvalue weighted by Gasteiger charge is 2.29. The predicted octanol–water partition coefficient (Wildman–Crippen LogP) is 0.00480. The first kappa shape index (κ1) is 8.62. The van der Waals surface area contributed by atoms with Gasteiger partial charge in [0, 0.05) is 0 Å². The van der Waals surface area contributed by atoms with Crippen molar-refractivity contribution in [2.75, 3.05) is 11.5 Å². The lowest BCUT2D eigenvalue weighted by molar-refractivity contribution is -0.142. The van der Waals surface area contributed by atoms with Gasteiger partial charge in [-0.05, 0) is 0 Å². The summed E-state index contributed by atoms with van der Waals surface area (Å²) in [6, 6.07) is 0. The standard InChI is InChI=1S/C4H6F3N5/c5-4(6,7)1-12-3(9)10-2(8)11-12/h1H2,(H4,8,9,10,11). The first-order chi connectivity index (χ1) is 5.38. The highest BCUT2D eigenvalue weighted by molar-refractivity contribution is 5.26. The number of aromatic nitrogens is 3. The smallest absolute Gasteiger partial charge is 0.368 e. The van der Waals surface area contributed by atoms with Crippen molar-refractivity contribution < 1.29 is 13.2 Å². The second-order valence-electron chi connectivity index (χ2n) is 2.10. The van der Waals surface area contributed by atoms with E-state index in [1.807, 2.05) is 0 Å². The summed E-state index contributed by atoms with van der Waals surface area (Å²) in [7, 11) is 0. The summed E-state index contributed by atoms with van der Waals surface area (Å²) in [4.78, 5) is 3.30. The van der Waals surface area contributed by atoms with Crippen LogP contribution in [0.5, 0.6) is 0 Å². The SMILES string of the molecule is Nc1nc(N)n(CC(F)(F)F)n1. The number of nitrogens with zero attached hydrogens (tertiary/aromatic N) is 3. The number of hydrogen-bond donors (Lipinski definition) is 2. The Kier molecular flexibility index (Phi) is 1.82. The second-order valence-corrected chi connectivity index (χ2v) is 2.10. The van der Waals surface area contributed by atoms with Crippen LogP contribution in [0.3, 0.4) is 0 Å². The zero-order chi connectivity index (χ0) is 9.35. The molecule has 1 heterocycles. The Morgan fingerprint density at radius 1 is 1.33 bits per heavy atom. The zero-order valence-corrected chi connectivity index (χ0v) is 5.84. The van der Waals surface area contributed by atoms with E-state index in [-0.39, 0.29) is 11.9 Å². The Morgan fingerprint density at radius 2 is 1.92 bits per heavy atom. The van der Waals surface area contributed by atoms with Crippen molar-refractivity contribution >= 4 is 11.9 Å². The molecule has 68 valence electrons. The normalized spacial score (nSPS) is 11.9. The highest BCUT2D eigenvalue weighted by Crippen LogP contribution is 2.18. The van der Waals surface area contributed by atoms with Crippen LogP contribution in [0.15, 0.2) is 0 Å². The Morgan fingerprint density at radius 3 is 2.25 bits per heavy atom. The van der Waals surface area contributed by atoms with Gasteiger partial charge in [-0.3, -0.25) is 0 Å². The molecule has 1 aromatic rings. The van der Waals surface area contributed by atoms with Gasteiger partial charge in [0.1, 0.15) is 6.54 Å².